The van der Waals surface area contributed by atoms with Crippen LogP contribution in [0.5, 0.6) is 0 Å². The van der Waals surface area contributed by atoms with Crippen LogP contribution >= 0.6 is 0 Å². The molecular formula is C11H16NO2+. The van der Waals surface area contributed by atoms with E-state index in [1.807, 2.05) is 37.7 Å². The zero-order valence-electron chi connectivity index (χ0n) is 8.86. The first-order chi connectivity index (χ1) is 6.59. The van der Waals surface area contributed by atoms with Gasteiger partial charge in [0.1, 0.15) is 12.6 Å². The van der Waals surface area contributed by atoms with Crippen LogP contribution in [0.15, 0.2) is 24.5 Å². The third-order valence-electron chi connectivity index (χ3n) is 1.72. The van der Waals surface area contributed by atoms with E-state index in [4.69, 9.17) is 4.74 Å². The van der Waals surface area contributed by atoms with Crippen LogP contribution in [0.25, 0.3) is 0 Å². The summed E-state index contributed by atoms with van der Waals surface area (Å²) in [7, 11) is 1.87. The van der Waals surface area contributed by atoms with Crippen LogP contribution in [0.2, 0.25) is 0 Å². The minimum Gasteiger partial charge on any atom is -0.462 e. The molecule has 3 nitrogen and oxygen atoms in total. The van der Waals surface area contributed by atoms with Gasteiger partial charge in [-0.1, -0.05) is 13.8 Å². The van der Waals surface area contributed by atoms with E-state index in [0.717, 1.165) is 0 Å². The summed E-state index contributed by atoms with van der Waals surface area (Å²) in [5.41, 5.74) is 0.593. The molecule has 0 aromatic carbocycles. The summed E-state index contributed by atoms with van der Waals surface area (Å²) < 4.78 is 6.92. The molecule has 0 spiro atoms. The Labute approximate surface area is 84.3 Å². The topological polar surface area (TPSA) is 30.2 Å². The van der Waals surface area contributed by atoms with Crippen molar-refractivity contribution in [2.45, 2.75) is 13.8 Å². The fourth-order valence-corrected chi connectivity index (χ4v) is 1.03. The highest BCUT2D eigenvalue weighted by atomic mass is 16.5. The van der Waals surface area contributed by atoms with Crippen molar-refractivity contribution in [1.29, 1.82) is 0 Å². The second-order valence-electron chi connectivity index (χ2n) is 3.75. The monoisotopic (exact) mass is 194 g/mol. The highest BCUT2D eigenvalue weighted by Gasteiger charge is 2.10. The Bertz CT molecular complexity index is 321. The molecule has 0 fully saturated rings. The van der Waals surface area contributed by atoms with Gasteiger partial charge in [0, 0.05) is 6.07 Å². The summed E-state index contributed by atoms with van der Waals surface area (Å²) in [6, 6.07) is 3.58. The maximum Gasteiger partial charge on any atom is 0.344 e. The molecule has 0 atom stereocenters. The van der Waals surface area contributed by atoms with Crippen molar-refractivity contribution in [3.63, 3.8) is 0 Å². The first kappa shape index (κ1) is 10.7. The van der Waals surface area contributed by atoms with Gasteiger partial charge in [-0.25, -0.2) is 9.36 Å². The van der Waals surface area contributed by atoms with E-state index in [2.05, 4.69) is 0 Å². The van der Waals surface area contributed by atoms with Gasteiger partial charge in [0.05, 0.1) is 6.61 Å². The second-order valence-corrected chi connectivity index (χ2v) is 3.75. The van der Waals surface area contributed by atoms with Gasteiger partial charge in [-0.3, -0.25) is 0 Å². The molecular weight excluding hydrogens is 178 g/mol. The number of esters is 1. The Morgan fingerprint density at radius 3 is 2.86 bits per heavy atom. The Kier molecular flexibility index (Phi) is 3.63. The average Bonchev–Trinajstić information content (AvgIpc) is 2.14. The van der Waals surface area contributed by atoms with Crippen molar-refractivity contribution in [1.82, 2.24) is 0 Å². The summed E-state index contributed by atoms with van der Waals surface area (Å²) in [5, 5.41) is 0. The minimum atomic E-state index is -0.255. The molecule has 0 aliphatic carbocycles. The van der Waals surface area contributed by atoms with E-state index in [0.29, 0.717) is 18.1 Å². The summed E-state index contributed by atoms with van der Waals surface area (Å²) in [6.07, 6.45) is 3.63. The van der Waals surface area contributed by atoms with E-state index in [1.165, 1.54) is 0 Å². The molecule has 0 saturated heterocycles. The van der Waals surface area contributed by atoms with Crippen molar-refractivity contribution in [3.8, 4) is 0 Å². The van der Waals surface area contributed by atoms with Crippen LogP contribution in [-0.4, -0.2) is 12.6 Å². The summed E-state index contributed by atoms with van der Waals surface area (Å²) >= 11 is 0. The number of carbonyl (C=O) groups excluding carboxylic acids is 1. The molecule has 0 unspecified atom stereocenters. The lowest BCUT2D eigenvalue weighted by Crippen LogP contribution is -2.28. The predicted octanol–water partition coefficient (Wildman–Crippen LogP) is 1.32. The van der Waals surface area contributed by atoms with E-state index in [-0.39, 0.29) is 5.97 Å². The molecule has 0 aliphatic heterocycles. The number of nitrogens with zero attached hydrogens (tertiary/aromatic N) is 1. The minimum absolute atomic E-state index is 0.255. The highest BCUT2D eigenvalue weighted by molar-refractivity contribution is 5.88. The highest BCUT2D eigenvalue weighted by Crippen LogP contribution is 2.00. The summed E-state index contributed by atoms with van der Waals surface area (Å²) in [4.78, 5) is 11.5. The van der Waals surface area contributed by atoms with Crippen LogP contribution in [-0.2, 0) is 11.8 Å². The van der Waals surface area contributed by atoms with Gasteiger partial charge in [0.15, 0.2) is 12.4 Å². The van der Waals surface area contributed by atoms with Crippen LogP contribution in [0, 0.1) is 5.92 Å². The van der Waals surface area contributed by atoms with Crippen LogP contribution < -0.4 is 4.57 Å². The molecule has 0 radical (unpaired) electrons. The lowest BCUT2D eigenvalue weighted by Gasteiger charge is -2.05. The molecule has 1 rings (SSSR count). The number of hydrogen-bond donors (Lipinski definition) is 0. The molecule has 1 aromatic rings. The van der Waals surface area contributed by atoms with Crippen molar-refractivity contribution in [2.75, 3.05) is 6.61 Å². The van der Waals surface area contributed by atoms with Crippen molar-refractivity contribution in [3.05, 3.63) is 30.1 Å². The number of aromatic nitrogens is 1. The van der Waals surface area contributed by atoms with Gasteiger partial charge in [-0.15, -0.1) is 0 Å². The molecule has 0 amide bonds. The maximum atomic E-state index is 11.5. The molecule has 76 valence electrons. The van der Waals surface area contributed by atoms with Crippen molar-refractivity contribution >= 4 is 5.97 Å². The number of hydrogen-bond acceptors (Lipinski definition) is 2. The fraction of sp³-hybridized carbons (Fsp3) is 0.455. The smallest absolute Gasteiger partial charge is 0.344 e. The van der Waals surface area contributed by atoms with Crippen LogP contribution in [0.4, 0.5) is 0 Å². The van der Waals surface area contributed by atoms with Gasteiger partial charge < -0.3 is 4.74 Å². The number of aryl methyl sites for hydroxylation is 1. The predicted molar refractivity (Wildman–Crippen MR) is 52.7 cm³/mol. The number of rotatable bonds is 3. The van der Waals surface area contributed by atoms with Crippen LogP contribution in [0.1, 0.15) is 24.2 Å². The molecule has 3 heteroatoms. The largest absolute Gasteiger partial charge is 0.462 e. The molecule has 14 heavy (non-hydrogen) atoms. The van der Waals surface area contributed by atoms with Crippen molar-refractivity contribution in [2.24, 2.45) is 13.0 Å². The maximum absolute atomic E-state index is 11.5. The van der Waals surface area contributed by atoms with E-state index >= 15 is 0 Å². The van der Waals surface area contributed by atoms with Crippen molar-refractivity contribution < 1.29 is 14.1 Å². The number of carbonyl (C=O) groups is 1. The zero-order chi connectivity index (χ0) is 10.6. The van der Waals surface area contributed by atoms with Gasteiger partial charge in [0.25, 0.3) is 0 Å². The van der Waals surface area contributed by atoms with Gasteiger partial charge >= 0.3 is 5.97 Å². The first-order valence-electron chi connectivity index (χ1n) is 4.72. The molecule has 1 aromatic heterocycles. The third-order valence-corrected chi connectivity index (χ3v) is 1.72. The van der Waals surface area contributed by atoms with E-state index in [1.54, 1.807) is 12.3 Å². The molecule has 0 N–H and O–H groups in total. The van der Waals surface area contributed by atoms with Crippen LogP contribution in [0.3, 0.4) is 0 Å². The Balaban J connectivity index is 2.61. The fourth-order valence-electron chi connectivity index (χ4n) is 1.03. The Hall–Kier alpha value is -1.38. The molecule has 0 aliphatic rings. The Morgan fingerprint density at radius 1 is 1.57 bits per heavy atom. The number of ether oxygens (including phenoxy) is 1. The zero-order valence-corrected chi connectivity index (χ0v) is 8.86. The first-order valence-corrected chi connectivity index (χ1v) is 4.72. The summed E-state index contributed by atoms with van der Waals surface area (Å²) in [5.74, 6) is 0.117. The van der Waals surface area contributed by atoms with E-state index < -0.39 is 0 Å². The normalized spacial score (nSPS) is 10.3. The molecule has 0 bridgehead atoms. The lowest BCUT2D eigenvalue weighted by atomic mass is 10.2. The Morgan fingerprint density at radius 2 is 2.29 bits per heavy atom. The average molecular weight is 194 g/mol. The number of pyridine rings is 1. The molecule has 0 saturated carbocycles. The van der Waals surface area contributed by atoms with Gasteiger partial charge in [-0.05, 0) is 12.0 Å². The van der Waals surface area contributed by atoms with Gasteiger partial charge in [0.2, 0.25) is 0 Å². The third kappa shape index (κ3) is 3.17. The SMILES string of the molecule is CC(C)COC(=O)c1ccc[n+](C)c1. The molecule has 1 heterocycles. The summed E-state index contributed by atoms with van der Waals surface area (Å²) in [6.45, 7) is 4.49. The van der Waals surface area contributed by atoms with E-state index in [9.17, 15) is 4.79 Å². The second kappa shape index (κ2) is 4.74. The van der Waals surface area contributed by atoms with Gasteiger partial charge in [-0.2, -0.15) is 0 Å². The standard InChI is InChI=1S/C11H16NO2/c1-9(2)8-14-11(13)10-5-4-6-12(3)7-10/h4-7,9H,8H2,1-3H3/q+1. The lowest BCUT2D eigenvalue weighted by molar-refractivity contribution is -0.671. The quantitative estimate of drug-likeness (QED) is 0.536.